The van der Waals surface area contributed by atoms with Gasteiger partial charge < -0.3 is 5.32 Å². The molecule has 1 fully saturated rings. The highest BCUT2D eigenvalue weighted by Gasteiger charge is 2.24. The normalized spacial score (nSPS) is 29.1. The Morgan fingerprint density at radius 2 is 2.00 bits per heavy atom. The van der Waals surface area contributed by atoms with Gasteiger partial charge in [0.25, 0.3) is 0 Å². The second kappa shape index (κ2) is 5.59. The molecule has 0 aliphatic heterocycles. The van der Waals surface area contributed by atoms with Crippen molar-refractivity contribution < 1.29 is 0 Å². The Morgan fingerprint density at radius 3 is 2.65 bits per heavy atom. The first-order chi connectivity index (χ1) is 8.06. The van der Waals surface area contributed by atoms with Gasteiger partial charge in [-0.2, -0.15) is 0 Å². The van der Waals surface area contributed by atoms with Crippen molar-refractivity contribution in [2.24, 2.45) is 11.8 Å². The standard InChI is InChI=1S/C15H22IN/c1-10-4-7-15(12(3)8-10)17-13-6-5-11(2)14(16)9-13/h5-6,9-10,12,15,17H,4,7-8H2,1-3H3. The Bertz CT molecular complexity index is 389. The van der Waals surface area contributed by atoms with E-state index in [-0.39, 0.29) is 0 Å². The largest absolute Gasteiger partial charge is 0.382 e. The summed E-state index contributed by atoms with van der Waals surface area (Å²) in [6, 6.07) is 7.34. The summed E-state index contributed by atoms with van der Waals surface area (Å²) >= 11 is 2.41. The third-order valence-corrected chi connectivity index (χ3v) is 5.12. The predicted octanol–water partition coefficient (Wildman–Crippen LogP) is 4.84. The molecule has 1 aromatic carbocycles. The van der Waals surface area contributed by atoms with E-state index in [1.807, 2.05) is 0 Å². The van der Waals surface area contributed by atoms with Crippen LogP contribution in [-0.4, -0.2) is 6.04 Å². The molecule has 1 N–H and O–H groups in total. The van der Waals surface area contributed by atoms with Crippen LogP contribution < -0.4 is 5.32 Å². The van der Waals surface area contributed by atoms with E-state index in [0.29, 0.717) is 6.04 Å². The fraction of sp³-hybridized carbons (Fsp3) is 0.600. The second-order valence-electron chi connectivity index (χ2n) is 5.61. The van der Waals surface area contributed by atoms with Crippen LogP contribution in [0, 0.1) is 22.3 Å². The average molecular weight is 343 g/mol. The maximum Gasteiger partial charge on any atom is 0.0353 e. The van der Waals surface area contributed by atoms with Crippen molar-refractivity contribution in [1.82, 2.24) is 0 Å². The van der Waals surface area contributed by atoms with Crippen LogP contribution in [-0.2, 0) is 0 Å². The molecule has 0 bridgehead atoms. The fourth-order valence-corrected chi connectivity index (χ4v) is 3.29. The van der Waals surface area contributed by atoms with Gasteiger partial charge in [-0.25, -0.2) is 0 Å². The van der Waals surface area contributed by atoms with Crippen molar-refractivity contribution in [3.63, 3.8) is 0 Å². The Morgan fingerprint density at radius 1 is 1.24 bits per heavy atom. The summed E-state index contributed by atoms with van der Waals surface area (Å²) in [7, 11) is 0. The molecule has 1 aliphatic carbocycles. The van der Waals surface area contributed by atoms with Gasteiger partial charge in [-0.1, -0.05) is 19.9 Å². The molecular weight excluding hydrogens is 321 g/mol. The van der Waals surface area contributed by atoms with Crippen molar-refractivity contribution >= 4 is 28.3 Å². The van der Waals surface area contributed by atoms with Gasteiger partial charge in [0.2, 0.25) is 0 Å². The van der Waals surface area contributed by atoms with Crippen LogP contribution in [0.15, 0.2) is 18.2 Å². The maximum atomic E-state index is 3.71. The predicted molar refractivity (Wildman–Crippen MR) is 83.5 cm³/mol. The monoisotopic (exact) mass is 343 g/mol. The molecule has 1 aromatic rings. The van der Waals surface area contributed by atoms with Gasteiger partial charge in [0, 0.05) is 15.3 Å². The van der Waals surface area contributed by atoms with Gasteiger partial charge >= 0.3 is 0 Å². The van der Waals surface area contributed by atoms with E-state index in [1.54, 1.807) is 0 Å². The van der Waals surface area contributed by atoms with Gasteiger partial charge in [0.15, 0.2) is 0 Å². The Hall–Kier alpha value is -0.250. The molecule has 0 spiro atoms. The summed E-state index contributed by atoms with van der Waals surface area (Å²) in [5.74, 6) is 1.69. The number of hydrogen-bond donors (Lipinski definition) is 1. The van der Waals surface area contributed by atoms with Crippen LogP contribution in [0.25, 0.3) is 0 Å². The molecule has 17 heavy (non-hydrogen) atoms. The summed E-state index contributed by atoms with van der Waals surface area (Å²) in [6.07, 6.45) is 4.04. The van der Waals surface area contributed by atoms with E-state index in [4.69, 9.17) is 0 Å². The van der Waals surface area contributed by atoms with Gasteiger partial charge in [0.1, 0.15) is 0 Å². The van der Waals surface area contributed by atoms with E-state index >= 15 is 0 Å². The number of benzene rings is 1. The minimum Gasteiger partial charge on any atom is -0.382 e. The minimum absolute atomic E-state index is 0.657. The molecule has 0 radical (unpaired) electrons. The van der Waals surface area contributed by atoms with E-state index in [9.17, 15) is 0 Å². The molecule has 3 atom stereocenters. The smallest absolute Gasteiger partial charge is 0.0353 e. The van der Waals surface area contributed by atoms with Crippen LogP contribution in [0.1, 0.15) is 38.7 Å². The average Bonchev–Trinajstić information content (AvgIpc) is 2.27. The lowest BCUT2D eigenvalue weighted by Gasteiger charge is -2.34. The number of rotatable bonds is 2. The molecule has 2 heteroatoms. The quantitative estimate of drug-likeness (QED) is 0.758. The number of hydrogen-bond acceptors (Lipinski definition) is 1. The van der Waals surface area contributed by atoms with Crippen LogP contribution in [0.5, 0.6) is 0 Å². The summed E-state index contributed by atoms with van der Waals surface area (Å²) in [5, 5.41) is 3.71. The lowest BCUT2D eigenvalue weighted by Crippen LogP contribution is -2.33. The third kappa shape index (κ3) is 3.36. The van der Waals surface area contributed by atoms with Crippen molar-refractivity contribution in [2.45, 2.75) is 46.1 Å². The van der Waals surface area contributed by atoms with Crippen molar-refractivity contribution in [1.29, 1.82) is 0 Å². The summed E-state index contributed by atoms with van der Waals surface area (Å²) < 4.78 is 1.35. The number of anilines is 1. The molecule has 1 aliphatic rings. The first kappa shape index (κ1) is 13.2. The molecule has 1 nitrogen and oxygen atoms in total. The SMILES string of the molecule is Cc1ccc(NC2CCC(C)CC2C)cc1I. The molecule has 1 saturated carbocycles. The maximum absolute atomic E-state index is 3.71. The van der Waals surface area contributed by atoms with Crippen LogP contribution in [0.3, 0.4) is 0 Å². The highest BCUT2D eigenvalue weighted by molar-refractivity contribution is 14.1. The van der Waals surface area contributed by atoms with Crippen molar-refractivity contribution in [3.8, 4) is 0 Å². The molecule has 3 unspecified atom stereocenters. The highest BCUT2D eigenvalue weighted by Crippen LogP contribution is 2.31. The van der Waals surface area contributed by atoms with E-state index in [2.05, 4.69) is 66.9 Å². The lowest BCUT2D eigenvalue weighted by atomic mass is 9.80. The van der Waals surface area contributed by atoms with Gasteiger partial charge in [-0.15, -0.1) is 0 Å². The zero-order valence-corrected chi connectivity index (χ0v) is 13.1. The number of nitrogens with one attached hydrogen (secondary N) is 1. The van der Waals surface area contributed by atoms with E-state index in [1.165, 1.54) is 34.1 Å². The zero-order chi connectivity index (χ0) is 12.4. The lowest BCUT2D eigenvalue weighted by molar-refractivity contribution is 0.276. The highest BCUT2D eigenvalue weighted by atomic mass is 127. The fourth-order valence-electron chi connectivity index (χ4n) is 2.78. The molecule has 2 rings (SSSR count). The van der Waals surface area contributed by atoms with Crippen molar-refractivity contribution in [3.05, 3.63) is 27.3 Å². The first-order valence-electron chi connectivity index (χ1n) is 6.59. The molecular formula is C15H22IN. The first-order valence-corrected chi connectivity index (χ1v) is 7.67. The van der Waals surface area contributed by atoms with Gasteiger partial charge in [-0.05, 0) is 78.3 Å². The Kier molecular flexibility index (Phi) is 4.34. The molecule has 0 amide bonds. The van der Waals surface area contributed by atoms with Gasteiger partial charge in [-0.3, -0.25) is 0 Å². The minimum atomic E-state index is 0.657. The van der Waals surface area contributed by atoms with Crippen LogP contribution in [0.4, 0.5) is 5.69 Å². The molecule has 94 valence electrons. The second-order valence-corrected chi connectivity index (χ2v) is 6.77. The topological polar surface area (TPSA) is 12.0 Å². The third-order valence-electron chi connectivity index (χ3n) is 3.96. The van der Waals surface area contributed by atoms with Crippen molar-refractivity contribution in [2.75, 3.05) is 5.32 Å². The molecule has 0 aromatic heterocycles. The molecule has 0 heterocycles. The van der Waals surface area contributed by atoms with Crippen LogP contribution >= 0.6 is 22.6 Å². The van der Waals surface area contributed by atoms with Crippen LogP contribution in [0.2, 0.25) is 0 Å². The Balaban J connectivity index is 2.02. The number of aryl methyl sites for hydroxylation is 1. The van der Waals surface area contributed by atoms with Gasteiger partial charge in [0.05, 0.1) is 0 Å². The molecule has 0 saturated heterocycles. The summed E-state index contributed by atoms with van der Waals surface area (Å²) in [4.78, 5) is 0. The summed E-state index contributed by atoms with van der Waals surface area (Å²) in [6.45, 7) is 6.92. The van der Waals surface area contributed by atoms with E-state index in [0.717, 1.165) is 11.8 Å². The van der Waals surface area contributed by atoms with E-state index < -0.39 is 0 Å². The Labute approximate surface area is 119 Å². The summed E-state index contributed by atoms with van der Waals surface area (Å²) in [5.41, 5.74) is 2.65. The number of halogens is 1. The zero-order valence-electron chi connectivity index (χ0n) is 11.0.